The number of halogens is 2. The van der Waals surface area contributed by atoms with E-state index in [4.69, 9.17) is 17.3 Å². The highest BCUT2D eigenvalue weighted by molar-refractivity contribution is 6.31. The zero-order valence-electron chi connectivity index (χ0n) is 9.10. The quantitative estimate of drug-likeness (QED) is 0.796. The summed E-state index contributed by atoms with van der Waals surface area (Å²) < 4.78 is 13.8. The highest BCUT2D eigenvalue weighted by Gasteiger charge is 2.57. The normalized spacial score (nSPS) is 24.9. The summed E-state index contributed by atoms with van der Waals surface area (Å²) >= 11 is 6.06. The second-order valence-electron chi connectivity index (χ2n) is 5.46. The van der Waals surface area contributed by atoms with Gasteiger partial charge in [-0.15, -0.1) is 0 Å². The third-order valence-electron chi connectivity index (χ3n) is 4.26. The van der Waals surface area contributed by atoms with Gasteiger partial charge in [0.25, 0.3) is 0 Å². The molecule has 1 aromatic carbocycles. The van der Waals surface area contributed by atoms with Crippen molar-refractivity contribution in [3.63, 3.8) is 0 Å². The van der Waals surface area contributed by atoms with Crippen LogP contribution in [0.5, 0.6) is 0 Å². The second-order valence-corrected chi connectivity index (χ2v) is 5.87. The molecular weight excluding hydrogens is 225 g/mol. The Morgan fingerprint density at radius 1 is 1.25 bits per heavy atom. The Morgan fingerprint density at radius 3 is 2.44 bits per heavy atom. The highest BCUT2D eigenvalue weighted by atomic mass is 35.5. The first-order valence-electron chi connectivity index (χ1n) is 5.78. The SMILES string of the molecule is NC1(c2c(F)cccc2Cl)CC2(CCC2)C1. The molecule has 2 saturated carbocycles. The highest BCUT2D eigenvalue weighted by Crippen LogP contribution is 2.63. The fourth-order valence-corrected chi connectivity index (χ4v) is 3.82. The first kappa shape index (κ1) is 10.5. The monoisotopic (exact) mass is 239 g/mol. The minimum absolute atomic E-state index is 0.260. The zero-order chi connectivity index (χ0) is 11.4. The summed E-state index contributed by atoms with van der Waals surface area (Å²) in [4.78, 5) is 0. The molecule has 0 bridgehead atoms. The molecule has 3 rings (SSSR count). The van der Waals surface area contributed by atoms with E-state index >= 15 is 0 Å². The lowest BCUT2D eigenvalue weighted by Gasteiger charge is -2.60. The predicted molar refractivity (Wildman–Crippen MR) is 62.8 cm³/mol. The predicted octanol–water partition coefficient (Wildman–Crippen LogP) is 3.60. The summed E-state index contributed by atoms with van der Waals surface area (Å²) in [7, 11) is 0. The molecule has 2 N–H and O–H groups in total. The largest absolute Gasteiger partial charge is 0.321 e. The molecule has 0 aromatic heterocycles. The number of nitrogens with two attached hydrogens (primary N) is 1. The number of hydrogen-bond acceptors (Lipinski definition) is 1. The van der Waals surface area contributed by atoms with Crippen LogP contribution in [0.4, 0.5) is 4.39 Å². The van der Waals surface area contributed by atoms with E-state index in [0.29, 0.717) is 16.0 Å². The van der Waals surface area contributed by atoms with Gasteiger partial charge in [0.2, 0.25) is 0 Å². The molecule has 0 atom stereocenters. The lowest BCUT2D eigenvalue weighted by atomic mass is 9.47. The van der Waals surface area contributed by atoms with E-state index < -0.39 is 5.54 Å². The van der Waals surface area contributed by atoms with Gasteiger partial charge in [-0.25, -0.2) is 4.39 Å². The average molecular weight is 240 g/mol. The van der Waals surface area contributed by atoms with Crippen molar-refractivity contribution in [3.8, 4) is 0 Å². The Kier molecular flexibility index (Phi) is 2.11. The molecule has 2 aliphatic carbocycles. The Balaban J connectivity index is 1.93. The molecule has 0 radical (unpaired) electrons. The van der Waals surface area contributed by atoms with Crippen LogP contribution in [0.2, 0.25) is 5.02 Å². The number of hydrogen-bond donors (Lipinski definition) is 1. The molecule has 0 unspecified atom stereocenters. The molecule has 1 spiro atoms. The molecule has 0 aliphatic heterocycles. The molecule has 0 heterocycles. The molecule has 1 nitrogen and oxygen atoms in total. The van der Waals surface area contributed by atoms with Gasteiger partial charge in [0.15, 0.2) is 0 Å². The third kappa shape index (κ3) is 1.33. The molecule has 0 saturated heterocycles. The average Bonchev–Trinajstić information content (AvgIpc) is 2.10. The molecule has 0 amide bonds. The summed E-state index contributed by atoms with van der Waals surface area (Å²) in [6.45, 7) is 0. The van der Waals surface area contributed by atoms with Crippen molar-refractivity contribution >= 4 is 11.6 Å². The van der Waals surface area contributed by atoms with Gasteiger partial charge in [0, 0.05) is 16.1 Å². The van der Waals surface area contributed by atoms with E-state index in [-0.39, 0.29) is 5.82 Å². The van der Waals surface area contributed by atoms with Crippen molar-refractivity contribution in [2.75, 3.05) is 0 Å². The Morgan fingerprint density at radius 2 is 1.94 bits per heavy atom. The van der Waals surface area contributed by atoms with Crippen LogP contribution in [0.25, 0.3) is 0 Å². The van der Waals surface area contributed by atoms with Gasteiger partial charge in [-0.1, -0.05) is 24.1 Å². The maximum Gasteiger partial charge on any atom is 0.129 e. The van der Waals surface area contributed by atoms with Crippen LogP contribution in [0.1, 0.15) is 37.7 Å². The van der Waals surface area contributed by atoms with Crippen molar-refractivity contribution < 1.29 is 4.39 Å². The zero-order valence-corrected chi connectivity index (χ0v) is 9.86. The minimum atomic E-state index is -0.525. The van der Waals surface area contributed by atoms with Crippen LogP contribution in [-0.2, 0) is 5.54 Å². The lowest BCUT2D eigenvalue weighted by molar-refractivity contribution is -0.0475. The van der Waals surface area contributed by atoms with Crippen molar-refractivity contribution in [1.82, 2.24) is 0 Å². The summed E-state index contributed by atoms with van der Waals surface area (Å²) in [5.41, 5.74) is 6.70. The molecule has 3 heteroatoms. The van der Waals surface area contributed by atoms with Gasteiger partial charge < -0.3 is 5.73 Å². The van der Waals surface area contributed by atoms with Crippen molar-refractivity contribution in [3.05, 3.63) is 34.6 Å². The van der Waals surface area contributed by atoms with E-state index in [9.17, 15) is 4.39 Å². The summed E-state index contributed by atoms with van der Waals surface area (Å²) in [5, 5.41) is 0.469. The van der Waals surface area contributed by atoms with E-state index in [2.05, 4.69) is 0 Å². The van der Waals surface area contributed by atoms with Crippen molar-refractivity contribution in [2.24, 2.45) is 11.1 Å². The Labute approximate surface area is 99.8 Å². The lowest BCUT2D eigenvalue weighted by Crippen LogP contribution is -2.58. The van der Waals surface area contributed by atoms with Gasteiger partial charge in [-0.2, -0.15) is 0 Å². The van der Waals surface area contributed by atoms with Gasteiger partial charge in [-0.3, -0.25) is 0 Å². The van der Waals surface area contributed by atoms with Gasteiger partial charge in [-0.05, 0) is 43.2 Å². The van der Waals surface area contributed by atoms with Crippen LogP contribution in [-0.4, -0.2) is 0 Å². The van der Waals surface area contributed by atoms with Crippen LogP contribution in [0.3, 0.4) is 0 Å². The molecular formula is C13H15ClFN. The Bertz CT molecular complexity index is 411. The van der Waals surface area contributed by atoms with Gasteiger partial charge in [0.05, 0.1) is 0 Å². The maximum absolute atomic E-state index is 13.8. The summed E-state index contributed by atoms with van der Waals surface area (Å²) in [6.07, 6.45) is 5.57. The smallest absolute Gasteiger partial charge is 0.129 e. The first-order valence-corrected chi connectivity index (χ1v) is 6.16. The molecule has 1 aromatic rings. The molecule has 2 aliphatic rings. The second kappa shape index (κ2) is 3.21. The van der Waals surface area contributed by atoms with E-state index in [0.717, 1.165) is 12.8 Å². The number of rotatable bonds is 1. The van der Waals surface area contributed by atoms with Crippen LogP contribution in [0, 0.1) is 11.2 Å². The van der Waals surface area contributed by atoms with Crippen LogP contribution < -0.4 is 5.73 Å². The van der Waals surface area contributed by atoms with E-state index in [1.807, 2.05) is 0 Å². The summed E-state index contributed by atoms with van der Waals surface area (Å²) in [5.74, 6) is -0.260. The van der Waals surface area contributed by atoms with Gasteiger partial charge >= 0.3 is 0 Å². The van der Waals surface area contributed by atoms with E-state index in [1.54, 1.807) is 12.1 Å². The molecule has 16 heavy (non-hydrogen) atoms. The first-order chi connectivity index (χ1) is 7.55. The Hall–Kier alpha value is -0.600. The minimum Gasteiger partial charge on any atom is -0.321 e. The van der Waals surface area contributed by atoms with Gasteiger partial charge in [0.1, 0.15) is 5.82 Å². The standard InChI is InChI=1S/C13H15ClFN/c14-9-3-1-4-10(15)11(9)13(16)7-12(8-13)5-2-6-12/h1,3-4H,2,5-8,16H2. The van der Waals surface area contributed by atoms with Crippen molar-refractivity contribution in [1.29, 1.82) is 0 Å². The van der Waals surface area contributed by atoms with Crippen LogP contribution >= 0.6 is 11.6 Å². The third-order valence-corrected chi connectivity index (χ3v) is 4.57. The van der Waals surface area contributed by atoms with Crippen molar-refractivity contribution in [2.45, 2.75) is 37.6 Å². The maximum atomic E-state index is 13.8. The fraction of sp³-hybridized carbons (Fsp3) is 0.538. The fourth-order valence-electron chi connectivity index (χ4n) is 3.47. The topological polar surface area (TPSA) is 26.0 Å². The summed E-state index contributed by atoms with van der Waals surface area (Å²) in [6, 6.07) is 4.80. The number of benzene rings is 1. The molecule has 2 fully saturated rings. The molecule has 86 valence electrons. The van der Waals surface area contributed by atoms with Crippen LogP contribution in [0.15, 0.2) is 18.2 Å². The van der Waals surface area contributed by atoms with E-state index in [1.165, 1.54) is 25.3 Å².